The van der Waals surface area contributed by atoms with Crippen molar-refractivity contribution in [2.75, 3.05) is 31.4 Å². The van der Waals surface area contributed by atoms with E-state index < -0.39 is 0 Å². The third kappa shape index (κ3) is 3.67. The molecule has 0 heterocycles. The molecule has 0 bridgehead atoms. The molecule has 0 radical (unpaired) electrons. The summed E-state index contributed by atoms with van der Waals surface area (Å²) in [7, 11) is 5.47. The molecule has 0 fully saturated rings. The largest absolute Gasteiger partial charge is 0.495 e. The summed E-state index contributed by atoms with van der Waals surface area (Å²) in [4.78, 5) is 14.2. The SMILES string of the molecule is COc1ccc(C(=O)Nc2ccc(N(C)C)cc2)cc1Cl. The third-order valence-corrected chi connectivity index (χ3v) is 3.35. The molecular weight excluding hydrogens is 288 g/mol. The summed E-state index contributed by atoms with van der Waals surface area (Å²) in [6.45, 7) is 0. The minimum Gasteiger partial charge on any atom is -0.495 e. The fourth-order valence-corrected chi connectivity index (χ4v) is 2.11. The number of hydrogen-bond acceptors (Lipinski definition) is 3. The van der Waals surface area contributed by atoms with E-state index in [0.717, 1.165) is 11.4 Å². The summed E-state index contributed by atoms with van der Waals surface area (Å²) < 4.78 is 5.07. The number of hydrogen-bond donors (Lipinski definition) is 1. The minimum atomic E-state index is -0.211. The average Bonchev–Trinajstić information content (AvgIpc) is 2.47. The molecule has 2 aromatic rings. The molecule has 21 heavy (non-hydrogen) atoms. The monoisotopic (exact) mass is 304 g/mol. The van der Waals surface area contributed by atoms with Crippen LogP contribution in [-0.2, 0) is 0 Å². The first-order chi connectivity index (χ1) is 10.0. The van der Waals surface area contributed by atoms with Crippen LogP contribution >= 0.6 is 11.6 Å². The first-order valence-electron chi connectivity index (χ1n) is 6.43. The van der Waals surface area contributed by atoms with Gasteiger partial charge in [0.05, 0.1) is 12.1 Å². The second-order valence-electron chi connectivity index (χ2n) is 4.74. The van der Waals surface area contributed by atoms with E-state index in [-0.39, 0.29) is 5.91 Å². The number of benzene rings is 2. The summed E-state index contributed by atoms with van der Waals surface area (Å²) in [5, 5.41) is 3.24. The van der Waals surface area contributed by atoms with Gasteiger partial charge in [0, 0.05) is 31.0 Å². The summed E-state index contributed by atoms with van der Waals surface area (Å²) >= 11 is 6.02. The number of methoxy groups -OCH3 is 1. The molecule has 2 aromatic carbocycles. The maximum absolute atomic E-state index is 12.2. The van der Waals surface area contributed by atoms with Gasteiger partial charge in [0.1, 0.15) is 5.75 Å². The number of carbonyl (C=O) groups is 1. The summed E-state index contributed by atoms with van der Waals surface area (Å²) in [6, 6.07) is 12.5. The molecule has 0 saturated heterocycles. The molecule has 1 amide bonds. The second kappa shape index (κ2) is 6.50. The highest BCUT2D eigenvalue weighted by Gasteiger charge is 2.09. The van der Waals surface area contributed by atoms with Crippen molar-refractivity contribution in [1.29, 1.82) is 0 Å². The predicted octanol–water partition coefficient (Wildman–Crippen LogP) is 3.67. The lowest BCUT2D eigenvalue weighted by atomic mass is 10.2. The van der Waals surface area contributed by atoms with Gasteiger partial charge in [-0.15, -0.1) is 0 Å². The maximum atomic E-state index is 12.2. The number of nitrogens with one attached hydrogen (secondary N) is 1. The van der Waals surface area contributed by atoms with Gasteiger partial charge in [0.25, 0.3) is 5.91 Å². The molecule has 2 rings (SSSR count). The molecule has 0 spiro atoms. The smallest absolute Gasteiger partial charge is 0.255 e. The number of halogens is 1. The van der Waals surface area contributed by atoms with Crippen LogP contribution in [0.1, 0.15) is 10.4 Å². The van der Waals surface area contributed by atoms with Crippen molar-refractivity contribution in [3.63, 3.8) is 0 Å². The molecule has 0 aliphatic heterocycles. The van der Waals surface area contributed by atoms with Gasteiger partial charge >= 0.3 is 0 Å². The number of carbonyl (C=O) groups excluding carboxylic acids is 1. The van der Waals surface area contributed by atoms with Crippen LogP contribution in [0.25, 0.3) is 0 Å². The molecule has 0 aromatic heterocycles. The van der Waals surface area contributed by atoms with Gasteiger partial charge in [-0.3, -0.25) is 4.79 Å². The van der Waals surface area contributed by atoms with Gasteiger partial charge in [0.2, 0.25) is 0 Å². The van der Waals surface area contributed by atoms with E-state index in [2.05, 4.69) is 5.32 Å². The predicted molar refractivity (Wildman–Crippen MR) is 86.7 cm³/mol. The van der Waals surface area contributed by atoms with E-state index in [1.165, 1.54) is 7.11 Å². The average molecular weight is 305 g/mol. The molecule has 0 saturated carbocycles. The standard InChI is InChI=1S/C16H17ClN2O2/c1-19(2)13-7-5-12(6-8-13)18-16(20)11-4-9-15(21-3)14(17)10-11/h4-10H,1-3H3,(H,18,20). The Morgan fingerprint density at radius 3 is 2.33 bits per heavy atom. The first kappa shape index (κ1) is 15.2. The van der Waals surface area contributed by atoms with Crippen molar-refractivity contribution in [1.82, 2.24) is 0 Å². The molecular formula is C16H17ClN2O2. The summed E-state index contributed by atoms with van der Waals surface area (Å²) in [5.41, 5.74) is 2.29. The lowest BCUT2D eigenvalue weighted by Crippen LogP contribution is -2.12. The van der Waals surface area contributed by atoms with E-state index in [0.29, 0.717) is 16.3 Å². The Morgan fingerprint density at radius 1 is 1.14 bits per heavy atom. The Bertz CT molecular complexity index is 639. The Labute approximate surface area is 129 Å². The van der Waals surface area contributed by atoms with E-state index in [1.54, 1.807) is 18.2 Å². The van der Waals surface area contributed by atoms with Crippen molar-refractivity contribution in [3.05, 3.63) is 53.1 Å². The highest BCUT2D eigenvalue weighted by atomic mass is 35.5. The number of rotatable bonds is 4. The van der Waals surface area contributed by atoms with Crippen LogP contribution in [0.3, 0.4) is 0 Å². The van der Waals surface area contributed by atoms with Crippen LogP contribution in [-0.4, -0.2) is 27.1 Å². The van der Waals surface area contributed by atoms with Crippen molar-refractivity contribution in [2.24, 2.45) is 0 Å². The molecule has 0 aliphatic carbocycles. The highest BCUT2D eigenvalue weighted by Crippen LogP contribution is 2.25. The molecule has 5 heteroatoms. The van der Waals surface area contributed by atoms with Crippen LogP contribution in [0.4, 0.5) is 11.4 Å². The molecule has 110 valence electrons. The van der Waals surface area contributed by atoms with Crippen molar-refractivity contribution >= 4 is 28.9 Å². The Kier molecular flexibility index (Phi) is 4.70. The lowest BCUT2D eigenvalue weighted by molar-refractivity contribution is 0.102. The van der Waals surface area contributed by atoms with Crippen LogP contribution in [0.2, 0.25) is 5.02 Å². The Morgan fingerprint density at radius 2 is 1.81 bits per heavy atom. The zero-order chi connectivity index (χ0) is 15.4. The van der Waals surface area contributed by atoms with E-state index in [4.69, 9.17) is 16.3 Å². The fraction of sp³-hybridized carbons (Fsp3) is 0.188. The van der Waals surface area contributed by atoms with Gasteiger partial charge in [-0.1, -0.05) is 11.6 Å². The van der Waals surface area contributed by atoms with Gasteiger partial charge in [-0.2, -0.15) is 0 Å². The zero-order valence-electron chi connectivity index (χ0n) is 12.2. The van der Waals surface area contributed by atoms with Crippen LogP contribution < -0.4 is 15.0 Å². The van der Waals surface area contributed by atoms with Gasteiger partial charge in [-0.25, -0.2) is 0 Å². The Hall–Kier alpha value is -2.20. The number of anilines is 2. The van der Waals surface area contributed by atoms with Crippen LogP contribution in [0, 0.1) is 0 Å². The van der Waals surface area contributed by atoms with Gasteiger partial charge in [0.15, 0.2) is 0 Å². The maximum Gasteiger partial charge on any atom is 0.255 e. The summed E-state index contributed by atoms with van der Waals surface area (Å²) in [6.07, 6.45) is 0. The Balaban J connectivity index is 2.12. The summed E-state index contributed by atoms with van der Waals surface area (Å²) in [5.74, 6) is 0.334. The minimum absolute atomic E-state index is 0.211. The van der Waals surface area contributed by atoms with Crippen LogP contribution in [0.15, 0.2) is 42.5 Å². The number of ether oxygens (including phenoxy) is 1. The van der Waals surface area contributed by atoms with Crippen molar-refractivity contribution < 1.29 is 9.53 Å². The molecule has 1 N–H and O–H groups in total. The number of nitrogens with zero attached hydrogens (tertiary/aromatic N) is 1. The molecule has 0 atom stereocenters. The number of amides is 1. The van der Waals surface area contributed by atoms with E-state index in [9.17, 15) is 4.79 Å². The van der Waals surface area contributed by atoms with Gasteiger partial charge in [-0.05, 0) is 42.5 Å². The topological polar surface area (TPSA) is 41.6 Å². The quantitative estimate of drug-likeness (QED) is 0.937. The van der Waals surface area contributed by atoms with E-state index >= 15 is 0 Å². The normalized spacial score (nSPS) is 10.1. The van der Waals surface area contributed by atoms with Crippen LogP contribution in [0.5, 0.6) is 5.75 Å². The molecule has 0 aliphatic rings. The van der Waals surface area contributed by atoms with Gasteiger partial charge < -0.3 is 15.0 Å². The first-order valence-corrected chi connectivity index (χ1v) is 6.81. The fourth-order valence-electron chi connectivity index (χ4n) is 1.85. The zero-order valence-corrected chi connectivity index (χ0v) is 12.9. The van der Waals surface area contributed by atoms with Crippen molar-refractivity contribution in [3.8, 4) is 5.75 Å². The lowest BCUT2D eigenvalue weighted by Gasteiger charge is -2.13. The molecule has 4 nitrogen and oxygen atoms in total. The van der Waals surface area contributed by atoms with Crippen molar-refractivity contribution in [2.45, 2.75) is 0 Å². The second-order valence-corrected chi connectivity index (χ2v) is 5.15. The van der Waals surface area contributed by atoms with E-state index in [1.807, 2.05) is 43.3 Å². The third-order valence-electron chi connectivity index (χ3n) is 3.06. The highest BCUT2D eigenvalue weighted by molar-refractivity contribution is 6.32. The molecule has 0 unspecified atom stereocenters.